The summed E-state index contributed by atoms with van der Waals surface area (Å²) in [5.41, 5.74) is 1.83. The van der Waals surface area contributed by atoms with E-state index in [9.17, 15) is 4.79 Å². The van der Waals surface area contributed by atoms with Gasteiger partial charge < -0.3 is 14.4 Å². The zero-order chi connectivity index (χ0) is 18.4. The average Bonchev–Trinajstić information content (AvgIpc) is 2.67. The summed E-state index contributed by atoms with van der Waals surface area (Å²) in [5, 5.41) is 0. The number of amides is 1. The Bertz CT molecular complexity index is 720. The largest absolute Gasteiger partial charge is 0.457 e. The molecule has 0 aromatic heterocycles. The van der Waals surface area contributed by atoms with E-state index in [1.165, 1.54) is 6.42 Å². The fourth-order valence-corrected chi connectivity index (χ4v) is 3.18. The SMILES string of the molecule is Cc1cccc(Oc2ccc(C(=O)N(C)CCC3CCCCO3)cc2)c1. The second-order valence-electron chi connectivity index (χ2n) is 6.95. The molecule has 1 heterocycles. The molecule has 1 unspecified atom stereocenters. The molecule has 1 aliphatic heterocycles. The van der Waals surface area contributed by atoms with Crippen molar-refractivity contribution in [3.05, 3.63) is 59.7 Å². The first kappa shape index (κ1) is 18.5. The number of carbonyl (C=O) groups is 1. The Kier molecular flexibility index (Phi) is 6.29. The number of hydrogen-bond acceptors (Lipinski definition) is 3. The number of aryl methyl sites for hydroxylation is 1. The van der Waals surface area contributed by atoms with Crippen molar-refractivity contribution in [2.24, 2.45) is 0 Å². The van der Waals surface area contributed by atoms with Crippen LogP contribution in [-0.4, -0.2) is 37.1 Å². The molecule has 1 saturated heterocycles. The molecule has 0 bridgehead atoms. The molecule has 3 rings (SSSR count). The number of hydrogen-bond donors (Lipinski definition) is 0. The highest BCUT2D eigenvalue weighted by atomic mass is 16.5. The molecule has 1 aliphatic rings. The quantitative estimate of drug-likeness (QED) is 0.747. The summed E-state index contributed by atoms with van der Waals surface area (Å²) in [6.07, 6.45) is 4.68. The number of carbonyl (C=O) groups excluding carboxylic acids is 1. The van der Waals surface area contributed by atoms with Gasteiger partial charge in [-0.1, -0.05) is 12.1 Å². The first-order chi connectivity index (χ1) is 12.6. The molecule has 0 N–H and O–H groups in total. The van der Waals surface area contributed by atoms with E-state index in [4.69, 9.17) is 9.47 Å². The molecule has 1 fully saturated rings. The van der Waals surface area contributed by atoms with Gasteiger partial charge in [-0.3, -0.25) is 4.79 Å². The Morgan fingerprint density at radius 1 is 1.15 bits per heavy atom. The molecule has 138 valence electrons. The fourth-order valence-electron chi connectivity index (χ4n) is 3.18. The molecule has 4 nitrogen and oxygen atoms in total. The van der Waals surface area contributed by atoms with Crippen molar-refractivity contribution in [2.75, 3.05) is 20.2 Å². The Morgan fingerprint density at radius 3 is 2.65 bits per heavy atom. The van der Waals surface area contributed by atoms with Crippen molar-refractivity contribution in [1.29, 1.82) is 0 Å². The van der Waals surface area contributed by atoms with Crippen LogP contribution in [0.1, 0.15) is 41.6 Å². The highest BCUT2D eigenvalue weighted by Crippen LogP contribution is 2.23. The van der Waals surface area contributed by atoms with Gasteiger partial charge >= 0.3 is 0 Å². The second-order valence-corrected chi connectivity index (χ2v) is 6.95. The van der Waals surface area contributed by atoms with Gasteiger partial charge in [-0.25, -0.2) is 0 Å². The van der Waals surface area contributed by atoms with Gasteiger partial charge in [-0.15, -0.1) is 0 Å². The van der Waals surface area contributed by atoms with E-state index in [2.05, 4.69) is 0 Å². The summed E-state index contributed by atoms with van der Waals surface area (Å²) in [7, 11) is 1.85. The maximum Gasteiger partial charge on any atom is 0.253 e. The van der Waals surface area contributed by atoms with Gasteiger partial charge in [0, 0.05) is 25.8 Å². The average molecular weight is 353 g/mol. The summed E-state index contributed by atoms with van der Waals surface area (Å²) in [6, 6.07) is 15.2. The van der Waals surface area contributed by atoms with Gasteiger partial charge in [0.1, 0.15) is 11.5 Å². The first-order valence-corrected chi connectivity index (χ1v) is 9.33. The van der Waals surface area contributed by atoms with Crippen LogP contribution in [0.15, 0.2) is 48.5 Å². The monoisotopic (exact) mass is 353 g/mol. The number of benzene rings is 2. The second kappa shape index (κ2) is 8.86. The molecule has 0 aliphatic carbocycles. The molecule has 1 amide bonds. The molecule has 0 saturated carbocycles. The van der Waals surface area contributed by atoms with E-state index in [1.807, 2.05) is 62.5 Å². The molecule has 26 heavy (non-hydrogen) atoms. The van der Waals surface area contributed by atoms with E-state index in [0.717, 1.165) is 42.9 Å². The predicted molar refractivity (Wildman–Crippen MR) is 103 cm³/mol. The van der Waals surface area contributed by atoms with Crippen LogP contribution in [0.5, 0.6) is 11.5 Å². The normalized spacial score (nSPS) is 16.9. The van der Waals surface area contributed by atoms with Gasteiger partial charge in [0.05, 0.1) is 6.10 Å². The van der Waals surface area contributed by atoms with Crippen LogP contribution in [-0.2, 0) is 4.74 Å². The highest BCUT2D eigenvalue weighted by molar-refractivity contribution is 5.94. The van der Waals surface area contributed by atoms with E-state index in [1.54, 1.807) is 4.90 Å². The molecular weight excluding hydrogens is 326 g/mol. The topological polar surface area (TPSA) is 38.8 Å². The third-order valence-electron chi connectivity index (χ3n) is 4.73. The third kappa shape index (κ3) is 5.09. The molecule has 0 radical (unpaired) electrons. The Labute approximate surface area is 155 Å². The minimum Gasteiger partial charge on any atom is -0.457 e. The molecule has 0 spiro atoms. The van der Waals surface area contributed by atoms with Crippen molar-refractivity contribution in [3.8, 4) is 11.5 Å². The smallest absolute Gasteiger partial charge is 0.253 e. The van der Waals surface area contributed by atoms with E-state index >= 15 is 0 Å². The van der Waals surface area contributed by atoms with E-state index in [-0.39, 0.29) is 5.91 Å². The summed E-state index contributed by atoms with van der Waals surface area (Å²) in [4.78, 5) is 14.3. The van der Waals surface area contributed by atoms with Crippen LogP contribution in [0, 0.1) is 6.92 Å². The minimum atomic E-state index is 0.0305. The van der Waals surface area contributed by atoms with Crippen molar-refractivity contribution in [3.63, 3.8) is 0 Å². The fraction of sp³-hybridized carbons (Fsp3) is 0.409. The zero-order valence-corrected chi connectivity index (χ0v) is 15.6. The van der Waals surface area contributed by atoms with Gasteiger partial charge in [-0.2, -0.15) is 0 Å². The van der Waals surface area contributed by atoms with E-state index < -0.39 is 0 Å². The lowest BCUT2D eigenvalue weighted by Crippen LogP contribution is -2.31. The summed E-state index contributed by atoms with van der Waals surface area (Å²) in [5.74, 6) is 1.56. The standard InChI is InChI=1S/C22H27NO3/c1-17-6-5-8-21(16-17)26-20-11-9-18(10-12-20)22(24)23(2)14-13-19-7-3-4-15-25-19/h5-6,8-12,16,19H,3-4,7,13-15H2,1-2H3. The summed E-state index contributed by atoms with van der Waals surface area (Å²) in [6.45, 7) is 3.60. The van der Waals surface area contributed by atoms with Gasteiger partial charge in [-0.05, 0) is 74.6 Å². The number of nitrogens with zero attached hydrogens (tertiary/aromatic N) is 1. The lowest BCUT2D eigenvalue weighted by atomic mass is 10.1. The Balaban J connectivity index is 1.54. The van der Waals surface area contributed by atoms with Gasteiger partial charge in [0.25, 0.3) is 5.91 Å². The number of rotatable bonds is 6. The zero-order valence-electron chi connectivity index (χ0n) is 15.6. The minimum absolute atomic E-state index is 0.0305. The van der Waals surface area contributed by atoms with Crippen LogP contribution in [0.2, 0.25) is 0 Å². The van der Waals surface area contributed by atoms with Crippen LogP contribution < -0.4 is 4.74 Å². The van der Waals surface area contributed by atoms with Crippen molar-refractivity contribution in [1.82, 2.24) is 4.90 Å². The van der Waals surface area contributed by atoms with Crippen molar-refractivity contribution >= 4 is 5.91 Å². The highest BCUT2D eigenvalue weighted by Gasteiger charge is 2.17. The molecule has 4 heteroatoms. The number of ether oxygens (including phenoxy) is 2. The van der Waals surface area contributed by atoms with Gasteiger partial charge in [0.15, 0.2) is 0 Å². The molecule has 2 aromatic carbocycles. The van der Waals surface area contributed by atoms with Crippen LogP contribution in [0.25, 0.3) is 0 Å². The van der Waals surface area contributed by atoms with Crippen LogP contribution in [0.3, 0.4) is 0 Å². The molecule has 2 aromatic rings. The van der Waals surface area contributed by atoms with Crippen molar-refractivity contribution < 1.29 is 14.3 Å². The van der Waals surface area contributed by atoms with Crippen molar-refractivity contribution in [2.45, 2.75) is 38.7 Å². The molecular formula is C22H27NO3. The first-order valence-electron chi connectivity index (χ1n) is 9.33. The van der Waals surface area contributed by atoms with E-state index in [0.29, 0.717) is 18.2 Å². The Hall–Kier alpha value is -2.33. The Morgan fingerprint density at radius 2 is 1.96 bits per heavy atom. The maximum atomic E-state index is 12.6. The third-order valence-corrected chi connectivity index (χ3v) is 4.73. The predicted octanol–water partition coefficient (Wildman–Crippen LogP) is 4.82. The van der Waals surface area contributed by atoms with Gasteiger partial charge in [0.2, 0.25) is 0 Å². The van der Waals surface area contributed by atoms with Crippen LogP contribution in [0.4, 0.5) is 0 Å². The lowest BCUT2D eigenvalue weighted by molar-refractivity contribution is 0.00709. The lowest BCUT2D eigenvalue weighted by Gasteiger charge is -2.25. The summed E-state index contributed by atoms with van der Waals surface area (Å²) < 4.78 is 11.6. The maximum absolute atomic E-state index is 12.6. The summed E-state index contributed by atoms with van der Waals surface area (Å²) >= 11 is 0. The van der Waals surface area contributed by atoms with Crippen LogP contribution >= 0.6 is 0 Å². The molecule has 1 atom stereocenters.